The number of benzene rings is 2. The first kappa shape index (κ1) is 21.5. The Bertz CT molecular complexity index is 986. The lowest BCUT2D eigenvalue weighted by Gasteiger charge is -2.17. The van der Waals surface area contributed by atoms with Crippen LogP contribution in [0.25, 0.3) is 11.0 Å². The molecule has 7 nitrogen and oxygen atoms in total. The van der Waals surface area contributed by atoms with Crippen molar-refractivity contribution in [2.24, 2.45) is 0 Å². The van der Waals surface area contributed by atoms with Gasteiger partial charge in [-0.3, -0.25) is 4.79 Å². The number of rotatable bonds is 10. The third-order valence-corrected chi connectivity index (χ3v) is 4.64. The highest BCUT2D eigenvalue weighted by molar-refractivity contribution is 5.95. The fourth-order valence-electron chi connectivity index (χ4n) is 3.38. The summed E-state index contributed by atoms with van der Waals surface area (Å²) in [5.41, 5.74) is 2.48. The zero-order valence-corrected chi connectivity index (χ0v) is 18.0. The number of nitrogens with one attached hydrogen (secondary N) is 1. The highest BCUT2D eigenvalue weighted by Crippen LogP contribution is 2.39. The molecule has 30 heavy (non-hydrogen) atoms. The van der Waals surface area contributed by atoms with Crippen molar-refractivity contribution in [3.8, 4) is 17.2 Å². The summed E-state index contributed by atoms with van der Waals surface area (Å²) in [6.07, 6.45) is 0. The molecule has 3 aromatic rings. The fourth-order valence-corrected chi connectivity index (χ4v) is 3.38. The third-order valence-electron chi connectivity index (χ3n) is 4.64. The second-order valence-corrected chi connectivity index (χ2v) is 6.66. The predicted octanol–water partition coefficient (Wildman–Crippen LogP) is 3.97. The molecule has 0 unspecified atom stereocenters. The lowest BCUT2D eigenvalue weighted by molar-refractivity contribution is 0.0951. The average molecular weight is 412 g/mol. The van der Waals surface area contributed by atoms with Gasteiger partial charge >= 0.3 is 0 Å². The first-order chi connectivity index (χ1) is 14.6. The van der Waals surface area contributed by atoms with Crippen molar-refractivity contribution < 1.29 is 19.0 Å². The molecule has 0 fully saturated rings. The van der Waals surface area contributed by atoms with Gasteiger partial charge in [-0.2, -0.15) is 0 Å². The standard InChI is InChI=1S/C23H29N3O4/c1-5-28-20-14-17(15-21(29-6-2)22(20)30-7-3)23(27)24-12-13-26-16(4)25-18-10-8-9-11-19(18)26/h8-11,14-15H,5-7,12-13H2,1-4H3,(H,24,27). The largest absolute Gasteiger partial charge is 0.490 e. The second-order valence-electron chi connectivity index (χ2n) is 6.66. The summed E-state index contributed by atoms with van der Waals surface area (Å²) < 4.78 is 19.2. The highest BCUT2D eigenvalue weighted by Gasteiger charge is 2.18. The third kappa shape index (κ3) is 4.67. The van der Waals surface area contributed by atoms with Crippen LogP contribution in [0, 0.1) is 6.92 Å². The number of aromatic nitrogens is 2. The number of nitrogens with zero attached hydrogens (tertiary/aromatic N) is 2. The van der Waals surface area contributed by atoms with Crippen LogP contribution in [-0.4, -0.2) is 41.8 Å². The van der Waals surface area contributed by atoms with Crippen LogP contribution in [0.15, 0.2) is 36.4 Å². The predicted molar refractivity (Wildman–Crippen MR) is 117 cm³/mol. The number of para-hydroxylation sites is 2. The van der Waals surface area contributed by atoms with Gasteiger partial charge in [0.15, 0.2) is 11.5 Å². The minimum absolute atomic E-state index is 0.193. The van der Waals surface area contributed by atoms with Gasteiger partial charge in [0.1, 0.15) is 5.82 Å². The molecule has 0 aliphatic rings. The van der Waals surface area contributed by atoms with Crippen LogP contribution in [0.4, 0.5) is 0 Å². The van der Waals surface area contributed by atoms with Gasteiger partial charge in [0.05, 0.1) is 30.9 Å². The summed E-state index contributed by atoms with van der Waals surface area (Å²) >= 11 is 0. The molecule has 0 aliphatic heterocycles. The van der Waals surface area contributed by atoms with Crippen LogP contribution in [0.3, 0.4) is 0 Å². The number of amides is 1. The number of fused-ring (bicyclic) bond motifs is 1. The molecule has 2 aromatic carbocycles. The summed E-state index contributed by atoms with van der Waals surface area (Å²) in [4.78, 5) is 17.4. The van der Waals surface area contributed by atoms with E-state index in [1.165, 1.54) is 0 Å². The van der Waals surface area contributed by atoms with Crippen LogP contribution >= 0.6 is 0 Å². The van der Waals surface area contributed by atoms with E-state index in [0.717, 1.165) is 16.9 Å². The molecule has 0 saturated carbocycles. The maximum absolute atomic E-state index is 12.8. The van der Waals surface area contributed by atoms with Gasteiger partial charge in [0.25, 0.3) is 5.91 Å². The Balaban J connectivity index is 1.76. The monoisotopic (exact) mass is 411 g/mol. The van der Waals surface area contributed by atoms with E-state index in [1.807, 2.05) is 52.0 Å². The van der Waals surface area contributed by atoms with Crippen LogP contribution < -0.4 is 19.5 Å². The molecular weight excluding hydrogens is 382 g/mol. The molecule has 0 saturated heterocycles. The van der Waals surface area contributed by atoms with Crippen molar-refractivity contribution in [3.63, 3.8) is 0 Å². The van der Waals surface area contributed by atoms with Gasteiger partial charge in [-0.1, -0.05) is 12.1 Å². The molecule has 0 radical (unpaired) electrons. The fraction of sp³-hybridized carbons (Fsp3) is 0.391. The molecule has 0 atom stereocenters. The minimum Gasteiger partial charge on any atom is -0.490 e. The lowest BCUT2D eigenvalue weighted by atomic mass is 10.1. The Morgan fingerprint density at radius 1 is 1.00 bits per heavy atom. The first-order valence-electron chi connectivity index (χ1n) is 10.4. The van der Waals surface area contributed by atoms with Gasteiger partial charge in [0, 0.05) is 18.7 Å². The minimum atomic E-state index is -0.193. The molecule has 1 heterocycles. The molecule has 160 valence electrons. The van der Waals surface area contributed by atoms with E-state index in [4.69, 9.17) is 14.2 Å². The van der Waals surface area contributed by atoms with Crippen molar-refractivity contribution in [2.75, 3.05) is 26.4 Å². The number of hydrogen-bond donors (Lipinski definition) is 1. The summed E-state index contributed by atoms with van der Waals surface area (Å²) in [7, 11) is 0. The van der Waals surface area contributed by atoms with Crippen molar-refractivity contribution in [3.05, 3.63) is 47.8 Å². The molecule has 7 heteroatoms. The van der Waals surface area contributed by atoms with Crippen LogP contribution in [0.1, 0.15) is 37.0 Å². The van der Waals surface area contributed by atoms with E-state index >= 15 is 0 Å². The quantitative estimate of drug-likeness (QED) is 0.546. The molecule has 0 bridgehead atoms. The van der Waals surface area contributed by atoms with E-state index in [-0.39, 0.29) is 5.91 Å². The Morgan fingerprint density at radius 2 is 1.63 bits per heavy atom. The topological polar surface area (TPSA) is 74.6 Å². The van der Waals surface area contributed by atoms with E-state index in [2.05, 4.69) is 14.9 Å². The first-order valence-corrected chi connectivity index (χ1v) is 10.4. The summed E-state index contributed by atoms with van der Waals surface area (Å²) in [6, 6.07) is 11.4. The number of hydrogen-bond acceptors (Lipinski definition) is 5. The maximum atomic E-state index is 12.8. The number of carbonyl (C=O) groups is 1. The van der Waals surface area contributed by atoms with Crippen molar-refractivity contribution >= 4 is 16.9 Å². The van der Waals surface area contributed by atoms with E-state index in [9.17, 15) is 4.79 Å². The van der Waals surface area contributed by atoms with Crippen molar-refractivity contribution in [1.82, 2.24) is 14.9 Å². The molecule has 0 spiro atoms. The molecule has 1 aromatic heterocycles. The Hall–Kier alpha value is -3.22. The van der Waals surface area contributed by atoms with Gasteiger partial charge in [-0.05, 0) is 52.0 Å². The number of imidazole rings is 1. The number of ether oxygens (including phenoxy) is 3. The van der Waals surface area contributed by atoms with Gasteiger partial charge in [-0.15, -0.1) is 0 Å². The van der Waals surface area contributed by atoms with Crippen LogP contribution in [0.5, 0.6) is 17.2 Å². The van der Waals surface area contributed by atoms with E-state index in [1.54, 1.807) is 12.1 Å². The van der Waals surface area contributed by atoms with Gasteiger partial charge in [0.2, 0.25) is 5.75 Å². The van der Waals surface area contributed by atoms with E-state index in [0.29, 0.717) is 55.7 Å². The number of carbonyl (C=O) groups excluding carboxylic acids is 1. The summed E-state index contributed by atoms with van der Waals surface area (Å²) in [5.74, 6) is 2.27. The second kappa shape index (κ2) is 10.0. The smallest absolute Gasteiger partial charge is 0.251 e. The zero-order valence-electron chi connectivity index (χ0n) is 18.0. The maximum Gasteiger partial charge on any atom is 0.251 e. The lowest BCUT2D eigenvalue weighted by Crippen LogP contribution is -2.27. The van der Waals surface area contributed by atoms with Crippen LogP contribution in [0.2, 0.25) is 0 Å². The summed E-state index contributed by atoms with van der Waals surface area (Å²) in [5, 5.41) is 2.98. The highest BCUT2D eigenvalue weighted by atomic mass is 16.5. The SMILES string of the molecule is CCOc1cc(C(=O)NCCn2c(C)nc3ccccc32)cc(OCC)c1OCC. The Labute approximate surface area is 177 Å². The number of aryl methyl sites for hydroxylation is 1. The van der Waals surface area contributed by atoms with Gasteiger partial charge in [-0.25, -0.2) is 4.98 Å². The van der Waals surface area contributed by atoms with Crippen molar-refractivity contribution in [1.29, 1.82) is 0 Å². The normalized spacial score (nSPS) is 10.8. The van der Waals surface area contributed by atoms with Crippen molar-refractivity contribution in [2.45, 2.75) is 34.2 Å². The van der Waals surface area contributed by atoms with Crippen LogP contribution in [-0.2, 0) is 6.54 Å². The molecule has 0 aliphatic carbocycles. The molecular formula is C23H29N3O4. The van der Waals surface area contributed by atoms with Gasteiger partial charge < -0.3 is 24.1 Å². The average Bonchev–Trinajstić information content (AvgIpc) is 3.05. The Morgan fingerprint density at radius 3 is 2.27 bits per heavy atom. The molecule has 3 rings (SSSR count). The van der Waals surface area contributed by atoms with E-state index < -0.39 is 0 Å². The Kier molecular flexibility index (Phi) is 7.17. The molecule has 1 N–H and O–H groups in total. The molecule has 1 amide bonds. The summed E-state index contributed by atoms with van der Waals surface area (Å²) in [6.45, 7) is 10.1. The zero-order chi connectivity index (χ0) is 21.5.